The molecule has 0 spiro atoms. The van der Waals surface area contributed by atoms with Gasteiger partial charge < -0.3 is 4.74 Å². The van der Waals surface area contributed by atoms with Crippen LogP contribution in [-0.2, 0) is 0 Å². The third-order valence-electron chi connectivity index (χ3n) is 1.70. The molecule has 0 radical (unpaired) electrons. The predicted octanol–water partition coefficient (Wildman–Crippen LogP) is 1.08. The molecule has 0 bridgehead atoms. The van der Waals surface area contributed by atoms with Gasteiger partial charge in [0.2, 0.25) is 11.8 Å². The molecule has 2 rings (SSSR count). The van der Waals surface area contributed by atoms with Gasteiger partial charge in [0, 0.05) is 18.3 Å². The Balaban J connectivity index is 2.44. The van der Waals surface area contributed by atoms with Crippen LogP contribution in [0.1, 0.15) is 0 Å². The highest BCUT2D eigenvalue weighted by Crippen LogP contribution is 2.14. The number of aromatic nitrogens is 4. The highest BCUT2D eigenvalue weighted by Gasteiger charge is 2.05. The molecule has 2 heterocycles. The fourth-order valence-electron chi connectivity index (χ4n) is 1.03. The van der Waals surface area contributed by atoms with Crippen LogP contribution in [0.15, 0.2) is 24.7 Å². The van der Waals surface area contributed by atoms with Crippen LogP contribution in [0.5, 0.6) is 5.88 Å². The zero-order valence-corrected chi connectivity index (χ0v) is 7.88. The zero-order chi connectivity index (χ0) is 10.7. The summed E-state index contributed by atoms with van der Waals surface area (Å²) in [7, 11) is 1.48. The van der Waals surface area contributed by atoms with E-state index >= 15 is 0 Å². The van der Waals surface area contributed by atoms with Crippen molar-refractivity contribution < 1.29 is 9.13 Å². The highest BCUT2D eigenvalue weighted by molar-refractivity contribution is 5.49. The Labute approximate surface area is 85.0 Å². The molecule has 0 aliphatic rings. The van der Waals surface area contributed by atoms with E-state index in [-0.39, 0.29) is 5.82 Å². The van der Waals surface area contributed by atoms with E-state index < -0.39 is 5.95 Å². The van der Waals surface area contributed by atoms with E-state index in [9.17, 15) is 4.39 Å². The lowest BCUT2D eigenvalue weighted by Gasteiger charge is -2.00. The summed E-state index contributed by atoms with van der Waals surface area (Å²) in [5.41, 5.74) is 0.418. The van der Waals surface area contributed by atoms with Crippen molar-refractivity contribution in [2.24, 2.45) is 0 Å². The minimum atomic E-state index is -0.599. The summed E-state index contributed by atoms with van der Waals surface area (Å²) < 4.78 is 17.7. The Morgan fingerprint density at radius 2 is 2.13 bits per heavy atom. The normalized spacial score (nSPS) is 10.0. The SMILES string of the molecule is COc1cc(-c2nccc(F)n2)ncn1. The highest BCUT2D eigenvalue weighted by atomic mass is 19.1. The molecule has 0 saturated heterocycles. The molecule has 76 valence electrons. The van der Waals surface area contributed by atoms with Crippen LogP contribution >= 0.6 is 0 Å². The minimum Gasteiger partial charge on any atom is -0.481 e. The average Bonchev–Trinajstić information content (AvgIpc) is 2.29. The Bertz CT molecular complexity index is 477. The van der Waals surface area contributed by atoms with Gasteiger partial charge >= 0.3 is 0 Å². The van der Waals surface area contributed by atoms with Gasteiger partial charge in [-0.15, -0.1) is 0 Å². The summed E-state index contributed by atoms with van der Waals surface area (Å²) >= 11 is 0. The second-order valence-electron chi connectivity index (χ2n) is 2.65. The second-order valence-corrected chi connectivity index (χ2v) is 2.65. The van der Waals surface area contributed by atoms with Crippen molar-refractivity contribution >= 4 is 0 Å². The van der Waals surface area contributed by atoms with Crippen LogP contribution in [0.4, 0.5) is 4.39 Å². The summed E-state index contributed by atoms with van der Waals surface area (Å²) in [6, 6.07) is 2.71. The van der Waals surface area contributed by atoms with Crippen molar-refractivity contribution in [1.82, 2.24) is 19.9 Å². The van der Waals surface area contributed by atoms with Gasteiger partial charge in [-0.3, -0.25) is 0 Å². The molecule has 0 fully saturated rings. The van der Waals surface area contributed by atoms with E-state index in [4.69, 9.17) is 4.74 Å². The van der Waals surface area contributed by atoms with Crippen LogP contribution in [0.2, 0.25) is 0 Å². The first-order valence-electron chi connectivity index (χ1n) is 4.14. The quantitative estimate of drug-likeness (QED) is 0.688. The van der Waals surface area contributed by atoms with Crippen LogP contribution in [0.3, 0.4) is 0 Å². The smallest absolute Gasteiger partial charge is 0.216 e. The van der Waals surface area contributed by atoms with Gasteiger partial charge in [0.15, 0.2) is 5.82 Å². The van der Waals surface area contributed by atoms with E-state index in [0.717, 1.165) is 0 Å². The van der Waals surface area contributed by atoms with Gasteiger partial charge in [-0.2, -0.15) is 9.37 Å². The number of ether oxygens (including phenoxy) is 1. The third kappa shape index (κ3) is 2.04. The minimum absolute atomic E-state index is 0.204. The Hall–Kier alpha value is -2.11. The Kier molecular flexibility index (Phi) is 2.49. The van der Waals surface area contributed by atoms with Gasteiger partial charge in [0.05, 0.1) is 7.11 Å². The lowest BCUT2D eigenvalue weighted by Crippen LogP contribution is -1.95. The molecule has 0 atom stereocenters. The van der Waals surface area contributed by atoms with Crippen molar-refractivity contribution in [2.45, 2.75) is 0 Å². The molecule has 0 aromatic carbocycles. The number of methoxy groups -OCH3 is 1. The maximum absolute atomic E-state index is 12.8. The summed E-state index contributed by atoms with van der Waals surface area (Å²) in [6.07, 6.45) is 2.63. The van der Waals surface area contributed by atoms with Crippen LogP contribution in [-0.4, -0.2) is 27.0 Å². The monoisotopic (exact) mass is 206 g/mol. The predicted molar refractivity (Wildman–Crippen MR) is 49.6 cm³/mol. The average molecular weight is 206 g/mol. The molecule has 0 aliphatic carbocycles. The van der Waals surface area contributed by atoms with Crippen molar-refractivity contribution in [3.05, 3.63) is 30.6 Å². The number of hydrogen-bond acceptors (Lipinski definition) is 5. The van der Waals surface area contributed by atoms with E-state index in [1.165, 1.54) is 31.8 Å². The van der Waals surface area contributed by atoms with Crippen LogP contribution in [0, 0.1) is 5.95 Å². The molecule has 0 amide bonds. The second kappa shape index (κ2) is 3.95. The molecule has 15 heavy (non-hydrogen) atoms. The number of hydrogen-bond donors (Lipinski definition) is 0. The maximum Gasteiger partial charge on any atom is 0.216 e. The molecule has 5 nitrogen and oxygen atoms in total. The first-order valence-corrected chi connectivity index (χ1v) is 4.14. The zero-order valence-electron chi connectivity index (χ0n) is 7.88. The summed E-state index contributed by atoms with van der Waals surface area (Å²) in [5, 5.41) is 0. The summed E-state index contributed by atoms with van der Waals surface area (Å²) in [4.78, 5) is 15.2. The van der Waals surface area contributed by atoms with Crippen molar-refractivity contribution in [3.8, 4) is 17.4 Å². The largest absolute Gasteiger partial charge is 0.481 e. The lowest BCUT2D eigenvalue weighted by atomic mass is 10.3. The lowest BCUT2D eigenvalue weighted by molar-refractivity contribution is 0.397. The standard InChI is InChI=1S/C9H7FN4O/c1-15-8-4-6(12-5-13-8)9-11-3-2-7(10)14-9/h2-5H,1H3. The summed E-state index contributed by atoms with van der Waals surface area (Å²) in [5.74, 6) is -0.0128. The Morgan fingerprint density at radius 1 is 1.27 bits per heavy atom. The van der Waals surface area contributed by atoms with Gasteiger partial charge in [-0.1, -0.05) is 0 Å². The van der Waals surface area contributed by atoms with E-state index in [2.05, 4.69) is 19.9 Å². The molecule has 2 aromatic heterocycles. The number of nitrogens with zero attached hydrogens (tertiary/aromatic N) is 4. The maximum atomic E-state index is 12.8. The molecule has 6 heteroatoms. The van der Waals surface area contributed by atoms with E-state index in [1.54, 1.807) is 0 Å². The third-order valence-corrected chi connectivity index (χ3v) is 1.70. The molecular formula is C9H7FN4O. The summed E-state index contributed by atoms with van der Waals surface area (Å²) in [6.45, 7) is 0. The first kappa shape index (κ1) is 9.45. The van der Waals surface area contributed by atoms with Gasteiger partial charge in [0.1, 0.15) is 12.0 Å². The van der Waals surface area contributed by atoms with E-state index in [1.807, 2.05) is 0 Å². The van der Waals surface area contributed by atoms with Crippen molar-refractivity contribution in [2.75, 3.05) is 7.11 Å². The number of rotatable bonds is 2. The molecule has 0 saturated carbocycles. The first-order chi connectivity index (χ1) is 7.29. The van der Waals surface area contributed by atoms with Gasteiger partial charge in [-0.05, 0) is 0 Å². The molecular weight excluding hydrogens is 199 g/mol. The molecule has 0 aliphatic heterocycles. The molecule has 2 aromatic rings. The van der Waals surface area contributed by atoms with Gasteiger partial charge in [0.25, 0.3) is 0 Å². The number of halogens is 1. The Morgan fingerprint density at radius 3 is 2.87 bits per heavy atom. The van der Waals surface area contributed by atoms with Crippen LogP contribution < -0.4 is 4.74 Å². The fraction of sp³-hybridized carbons (Fsp3) is 0.111. The van der Waals surface area contributed by atoms with Gasteiger partial charge in [-0.25, -0.2) is 15.0 Å². The van der Waals surface area contributed by atoms with Crippen molar-refractivity contribution in [3.63, 3.8) is 0 Å². The fourth-order valence-corrected chi connectivity index (χ4v) is 1.03. The van der Waals surface area contributed by atoms with Crippen LogP contribution in [0.25, 0.3) is 11.5 Å². The molecule has 0 N–H and O–H groups in total. The topological polar surface area (TPSA) is 60.8 Å². The van der Waals surface area contributed by atoms with E-state index in [0.29, 0.717) is 11.6 Å². The van der Waals surface area contributed by atoms with Crippen molar-refractivity contribution in [1.29, 1.82) is 0 Å². The molecule has 0 unspecified atom stereocenters.